The second-order valence-electron chi connectivity index (χ2n) is 12.2. The highest BCUT2D eigenvalue weighted by Crippen LogP contribution is 2.57. The SMILES string of the molecule is CN1CC(C2(c3cc(C(C)(C)C)c(O)c(C(C)(C)C)c3)C(=O)Nc3ccccc32)c2ccccc21. The number of fused-ring (bicyclic) bond motifs is 2. The molecule has 0 bridgehead atoms. The molecule has 0 aromatic heterocycles. The number of hydrogen-bond donors (Lipinski definition) is 2. The van der Waals surface area contributed by atoms with Gasteiger partial charge < -0.3 is 15.3 Å². The molecule has 2 heterocycles. The smallest absolute Gasteiger partial charge is 0.240 e. The molecule has 3 aromatic carbocycles. The molecule has 2 aliphatic heterocycles. The summed E-state index contributed by atoms with van der Waals surface area (Å²) in [7, 11) is 2.10. The highest BCUT2D eigenvalue weighted by atomic mass is 16.3. The van der Waals surface area contributed by atoms with Gasteiger partial charge in [-0.05, 0) is 50.8 Å². The number of phenols is 1. The van der Waals surface area contributed by atoms with Crippen LogP contribution < -0.4 is 10.2 Å². The molecule has 0 radical (unpaired) electrons. The maximum Gasteiger partial charge on any atom is 0.240 e. The summed E-state index contributed by atoms with van der Waals surface area (Å²) < 4.78 is 0. The molecule has 2 N–H and O–H groups in total. The number of phenolic OH excluding ortho intramolecular Hbond substituents is 1. The number of carbonyl (C=O) groups excluding carboxylic acids is 1. The van der Waals surface area contributed by atoms with Gasteiger partial charge in [-0.3, -0.25) is 4.79 Å². The zero-order valence-corrected chi connectivity index (χ0v) is 21.9. The third-order valence-electron chi connectivity index (χ3n) is 7.84. The summed E-state index contributed by atoms with van der Waals surface area (Å²) in [4.78, 5) is 16.5. The van der Waals surface area contributed by atoms with Crippen molar-refractivity contribution in [3.05, 3.63) is 88.5 Å². The molecule has 2 aliphatic rings. The minimum atomic E-state index is -0.912. The van der Waals surface area contributed by atoms with E-state index in [1.165, 1.54) is 11.3 Å². The first-order valence-electron chi connectivity index (χ1n) is 12.5. The van der Waals surface area contributed by atoms with Crippen LogP contribution in [0.3, 0.4) is 0 Å². The fraction of sp³-hybridized carbons (Fsp3) is 0.387. The van der Waals surface area contributed by atoms with Gasteiger partial charge in [0, 0.05) is 30.9 Å². The molecule has 4 heteroatoms. The van der Waals surface area contributed by atoms with Crippen LogP contribution in [0, 0.1) is 0 Å². The van der Waals surface area contributed by atoms with E-state index in [9.17, 15) is 9.90 Å². The number of rotatable bonds is 2. The number of hydrogen-bond acceptors (Lipinski definition) is 3. The fourth-order valence-electron chi connectivity index (χ4n) is 6.09. The first-order valence-corrected chi connectivity index (χ1v) is 12.5. The van der Waals surface area contributed by atoms with Crippen LogP contribution in [0.1, 0.15) is 75.3 Å². The van der Waals surface area contributed by atoms with Gasteiger partial charge >= 0.3 is 0 Å². The third-order valence-corrected chi connectivity index (χ3v) is 7.84. The molecule has 0 aliphatic carbocycles. The summed E-state index contributed by atoms with van der Waals surface area (Å²) in [6.07, 6.45) is 0. The van der Waals surface area contributed by atoms with Crippen molar-refractivity contribution in [1.29, 1.82) is 0 Å². The number of anilines is 2. The molecule has 0 fully saturated rings. The maximum atomic E-state index is 14.3. The van der Waals surface area contributed by atoms with Crippen LogP contribution in [-0.2, 0) is 21.0 Å². The number of amides is 1. The standard InChI is InChI=1S/C31H36N2O2/c1-29(2,3)22-16-19(17-23(27(22)34)30(4,5)6)31(21-13-9-10-14-25(21)32-28(31)35)24-18-33(7)26-15-11-8-12-20(24)26/h8-17,24,34H,18H2,1-7H3,(H,32,35). The average Bonchev–Trinajstić information content (AvgIpc) is 3.27. The van der Waals surface area contributed by atoms with Crippen LogP contribution in [0.2, 0.25) is 0 Å². The number of carbonyl (C=O) groups is 1. The van der Waals surface area contributed by atoms with Gasteiger partial charge in [0.15, 0.2) is 0 Å². The summed E-state index contributed by atoms with van der Waals surface area (Å²) in [5, 5.41) is 14.6. The van der Waals surface area contributed by atoms with Crippen molar-refractivity contribution < 1.29 is 9.90 Å². The minimum Gasteiger partial charge on any atom is -0.507 e. The molecular formula is C31H36N2O2. The molecule has 182 valence electrons. The second kappa shape index (κ2) is 7.61. The van der Waals surface area contributed by atoms with Crippen LogP contribution in [0.15, 0.2) is 60.7 Å². The van der Waals surface area contributed by atoms with E-state index in [0.717, 1.165) is 34.5 Å². The Morgan fingerprint density at radius 3 is 2.11 bits per heavy atom. The molecule has 1 amide bonds. The minimum absolute atomic E-state index is 0.000730. The largest absolute Gasteiger partial charge is 0.507 e. The van der Waals surface area contributed by atoms with E-state index in [-0.39, 0.29) is 22.7 Å². The summed E-state index contributed by atoms with van der Waals surface area (Å²) in [5.74, 6) is 0.260. The van der Waals surface area contributed by atoms with E-state index in [1.54, 1.807) is 0 Å². The summed E-state index contributed by atoms with van der Waals surface area (Å²) in [6.45, 7) is 13.4. The predicted molar refractivity (Wildman–Crippen MR) is 144 cm³/mol. The zero-order valence-electron chi connectivity index (χ0n) is 21.9. The first kappa shape index (κ1) is 23.5. The Balaban J connectivity index is 1.90. The molecule has 4 nitrogen and oxygen atoms in total. The van der Waals surface area contributed by atoms with Crippen LogP contribution in [-0.4, -0.2) is 24.6 Å². The van der Waals surface area contributed by atoms with Crippen molar-refractivity contribution in [2.24, 2.45) is 0 Å². The number of nitrogens with one attached hydrogen (secondary N) is 1. The monoisotopic (exact) mass is 468 g/mol. The Hall–Kier alpha value is -3.27. The van der Waals surface area contributed by atoms with Gasteiger partial charge in [0.05, 0.1) is 0 Å². The predicted octanol–water partition coefficient (Wildman–Crippen LogP) is 6.46. The van der Waals surface area contributed by atoms with E-state index >= 15 is 0 Å². The normalized spacial score (nSPS) is 21.6. The number of nitrogens with zero attached hydrogens (tertiary/aromatic N) is 1. The van der Waals surface area contributed by atoms with E-state index in [2.05, 4.69) is 101 Å². The molecular weight excluding hydrogens is 432 g/mol. The van der Waals surface area contributed by atoms with Gasteiger partial charge in [0.25, 0.3) is 0 Å². The van der Waals surface area contributed by atoms with E-state index in [4.69, 9.17) is 0 Å². The van der Waals surface area contributed by atoms with Crippen molar-refractivity contribution in [1.82, 2.24) is 0 Å². The third kappa shape index (κ3) is 3.37. The summed E-state index contributed by atoms with van der Waals surface area (Å²) in [6, 6.07) is 20.7. The summed E-state index contributed by atoms with van der Waals surface area (Å²) >= 11 is 0. The Bertz CT molecular complexity index is 1290. The van der Waals surface area contributed by atoms with Crippen LogP contribution >= 0.6 is 0 Å². The number of aromatic hydroxyl groups is 1. The van der Waals surface area contributed by atoms with Crippen molar-refractivity contribution in [2.45, 2.75) is 63.7 Å². The molecule has 35 heavy (non-hydrogen) atoms. The van der Waals surface area contributed by atoms with Gasteiger partial charge in [-0.1, -0.05) is 90.1 Å². The lowest BCUT2D eigenvalue weighted by atomic mass is 9.63. The Labute approximate surface area is 209 Å². The van der Waals surface area contributed by atoms with E-state index < -0.39 is 5.41 Å². The molecule has 5 rings (SSSR count). The van der Waals surface area contributed by atoms with E-state index in [0.29, 0.717) is 5.75 Å². The summed E-state index contributed by atoms with van der Waals surface area (Å²) in [5.41, 5.74) is 5.42. The van der Waals surface area contributed by atoms with Crippen LogP contribution in [0.5, 0.6) is 5.75 Å². The lowest BCUT2D eigenvalue weighted by molar-refractivity contribution is -0.120. The topological polar surface area (TPSA) is 52.6 Å². The molecule has 0 saturated carbocycles. The van der Waals surface area contributed by atoms with Gasteiger partial charge in [0.1, 0.15) is 11.2 Å². The molecule has 2 atom stereocenters. The van der Waals surface area contributed by atoms with Crippen LogP contribution in [0.25, 0.3) is 0 Å². The van der Waals surface area contributed by atoms with Crippen LogP contribution in [0.4, 0.5) is 11.4 Å². The quantitative estimate of drug-likeness (QED) is 0.454. The molecule has 0 spiro atoms. The Morgan fingerprint density at radius 2 is 1.49 bits per heavy atom. The van der Waals surface area contributed by atoms with Gasteiger partial charge in [-0.15, -0.1) is 0 Å². The Morgan fingerprint density at radius 1 is 0.914 bits per heavy atom. The van der Waals surface area contributed by atoms with Crippen molar-refractivity contribution >= 4 is 17.3 Å². The van der Waals surface area contributed by atoms with Gasteiger partial charge in [-0.25, -0.2) is 0 Å². The van der Waals surface area contributed by atoms with Crippen molar-refractivity contribution in [2.75, 3.05) is 23.8 Å². The van der Waals surface area contributed by atoms with E-state index in [1.807, 2.05) is 18.2 Å². The molecule has 3 aromatic rings. The zero-order chi connectivity index (χ0) is 25.3. The second-order valence-corrected chi connectivity index (χ2v) is 12.2. The number of likely N-dealkylation sites (N-methyl/N-ethyl adjacent to an activating group) is 1. The molecule has 0 saturated heterocycles. The number of benzene rings is 3. The lowest BCUT2D eigenvalue weighted by Crippen LogP contribution is -2.43. The van der Waals surface area contributed by atoms with Crippen molar-refractivity contribution in [3.8, 4) is 5.75 Å². The maximum absolute atomic E-state index is 14.3. The highest BCUT2D eigenvalue weighted by molar-refractivity contribution is 6.10. The van der Waals surface area contributed by atoms with Gasteiger partial charge in [0.2, 0.25) is 5.91 Å². The highest BCUT2D eigenvalue weighted by Gasteiger charge is 2.56. The average molecular weight is 469 g/mol. The fourth-order valence-corrected chi connectivity index (χ4v) is 6.09. The van der Waals surface area contributed by atoms with Gasteiger partial charge in [-0.2, -0.15) is 0 Å². The number of para-hydroxylation sites is 2. The lowest BCUT2D eigenvalue weighted by Gasteiger charge is -2.37. The Kier molecular flexibility index (Phi) is 5.11. The van der Waals surface area contributed by atoms with Crippen molar-refractivity contribution in [3.63, 3.8) is 0 Å². The molecule has 2 unspecified atom stereocenters. The first-order chi connectivity index (χ1) is 16.4.